The maximum Gasteiger partial charge on any atom is 0.329 e. The quantitative estimate of drug-likeness (QED) is 0.360. The van der Waals surface area contributed by atoms with Crippen molar-refractivity contribution in [3.63, 3.8) is 0 Å². The highest BCUT2D eigenvalue weighted by Gasteiger charge is 2.12. The number of amides is 2. The van der Waals surface area contributed by atoms with Crippen LogP contribution in [0.2, 0.25) is 0 Å². The molecule has 3 aromatic carbocycles. The van der Waals surface area contributed by atoms with Crippen molar-refractivity contribution in [2.45, 2.75) is 6.61 Å². The Morgan fingerprint density at radius 3 is 2.30 bits per heavy atom. The molecule has 3 aromatic rings. The number of rotatable bonds is 7. The second kappa shape index (κ2) is 10.4. The standard InChI is InChI=1S/C23H21N3O4/c1-29-21-14-18(12-13-20(21)30-16-17-8-4-2-5-9-17)15-24-26-23(28)22(27)25-19-10-6-3-7-11-19/h2-15H,16H2,1H3,(H,25,27)(H,26,28)/b24-15-. The highest BCUT2D eigenvalue weighted by molar-refractivity contribution is 6.39. The van der Waals surface area contributed by atoms with Crippen molar-refractivity contribution in [2.75, 3.05) is 12.4 Å². The first kappa shape index (κ1) is 20.6. The molecule has 2 N–H and O–H groups in total. The summed E-state index contributed by atoms with van der Waals surface area (Å²) < 4.78 is 11.2. The Morgan fingerprint density at radius 1 is 0.900 bits per heavy atom. The maximum atomic E-state index is 11.9. The lowest BCUT2D eigenvalue weighted by Crippen LogP contribution is -2.32. The lowest BCUT2D eigenvalue weighted by molar-refractivity contribution is -0.136. The molecule has 0 spiro atoms. The average Bonchev–Trinajstić information content (AvgIpc) is 2.79. The van der Waals surface area contributed by atoms with Crippen molar-refractivity contribution in [3.8, 4) is 11.5 Å². The van der Waals surface area contributed by atoms with Gasteiger partial charge in [0, 0.05) is 5.69 Å². The smallest absolute Gasteiger partial charge is 0.329 e. The van der Waals surface area contributed by atoms with Crippen molar-refractivity contribution >= 4 is 23.7 Å². The molecule has 3 rings (SSSR count). The number of carbonyl (C=O) groups excluding carboxylic acids is 2. The highest BCUT2D eigenvalue weighted by Crippen LogP contribution is 2.28. The number of nitrogens with one attached hydrogen (secondary N) is 2. The number of methoxy groups -OCH3 is 1. The monoisotopic (exact) mass is 403 g/mol. The number of hydrazone groups is 1. The van der Waals surface area contributed by atoms with Crippen LogP contribution in [0.1, 0.15) is 11.1 Å². The molecular formula is C23H21N3O4. The van der Waals surface area contributed by atoms with E-state index in [2.05, 4.69) is 15.8 Å². The molecule has 0 saturated carbocycles. The van der Waals surface area contributed by atoms with Crippen molar-refractivity contribution in [1.82, 2.24) is 5.43 Å². The van der Waals surface area contributed by atoms with Crippen LogP contribution in [-0.4, -0.2) is 25.1 Å². The summed E-state index contributed by atoms with van der Waals surface area (Å²) in [6.07, 6.45) is 1.41. The highest BCUT2D eigenvalue weighted by atomic mass is 16.5. The molecule has 0 heterocycles. The minimum absolute atomic E-state index is 0.414. The van der Waals surface area contributed by atoms with E-state index in [0.717, 1.165) is 5.56 Å². The molecule has 0 aliphatic heterocycles. The van der Waals surface area contributed by atoms with Crippen LogP contribution >= 0.6 is 0 Å². The number of anilines is 1. The molecule has 2 amide bonds. The zero-order chi connectivity index (χ0) is 21.2. The molecule has 152 valence electrons. The van der Waals surface area contributed by atoms with Gasteiger partial charge in [0.05, 0.1) is 13.3 Å². The average molecular weight is 403 g/mol. The fourth-order valence-electron chi connectivity index (χ4n) is 2.54. The molecule has 0 bridgehead atoms. The van der Waals surface area contributed by atoms with Crippen LogP contribution in [0.25, 0.3) is 0 Å². The minimum atomic E-state index is -0.870. The number of nitrogens with zero attached hydrogens (tertiary/aromatic N) is 1. The first-order chi connectivity index (χ1) is 14.7. The number of para-hydroxylation sites is 1. The van der Waals surface area contributed by atoms with Gasteiger partial charge in [-0.05, 0) is 41.5 Å². The molecule has 0 saturated heterocycles. The van der Waals surface area contributed by atoms with Gasteiger partial charge in [0.2, 0.25) is 0 Å². The van der Waals surface area contributed by atoms with Crippen LogP contribution in [0.3, 0.4) is 0 Å². The Kier molecular flexibility index (Phi) is 7.16. The van der Waals surface area contributed by atoms with Crippen molar-refractivity contribution < 1.29 is 19.1 Å². The van der Waals surface area contributed by atoms with Gasteiger partial charge in [0.25, 0.3) is 0 Å². The van der Waals surface area contributed by atoms with E-state index in [1.807, 2.05) is 36.4 Å². The lowest BCUT2D eigenvalue weighted by atomic mass is 10.2. The van der Waals surface area contributed by atoms with Gasteiger partial charge in [-0.25, -0.2) is 5.43 Å². The second-order valence-electron chi connectivity index (χ2n) is 6.20. The summed E-state index contributed by atoms with van der Waals surface area (Å²) >= 11 is 0. The maximum absolute atomic E-state index is 11.9. The Hall–Kier alpha value is -4.13. The van der Waals surface area contributed by atoms with E-state index < -0.39 is 11.8 Å². The fraction of sp³-hybridized carbons (Fsp3) is 0.0870. The van der Waals surface area contributed by atoms with Gasteiger partial charge >= 0.3 is 11.8 Å². The summed E-state index contributed by atoms with van der Waals surface area (Å²) in [5.41, 5.74) is 4.43. The van der Waals surface area contributed by atoms with E-state index in [1.165, 1.54) is 6.21 Å². The van der Waals surface area contributed by atoms with Crippen LogP contribution in [0.5, 0.6) is 11.5 Å². The Balaban J connectivity index is 1.56. The van der Waals surface area contributed by atoms with E-state index in [-0.39, 0.29) is 0 Å². The predicted octanol–water partition coefficient (Wildman–Crippen LogP) is 3.36. The van der Waals surface area contributed by atoms with Crippen molar-refractivity contribution in [1.29, 1.82) is 0 Å². The third kappa shape index (κ3) is 5.93. The summed E-state index contributed by atoms with van der Waals surface area (Å²) in [5.74, 6) is -0.557. The van der Waals surface area contributed by atoms with Crippen LogP contribution in [0.15, 0.2) is 84.0 Å². The molecule has 0 radical (unpaired) electrons. The summed E-state index contributed by atoms with van der Waals surface area (Å²) in [6.45, 7) is 0.414. The van der Waals surface area contributed by atoms with Gasteiger partial charge in [0.1, 0.15) is 6.61 Å². The van der Waals surface area contributed by atoms with Gasteiger partial charge < -0.3 is 14.8 Å². The van der Waals surface area contributed by atoms with Gasteiger partial charge in [-0.3, -0.25) is 9.59 Å². The largest absolute Gasteiger partial charge is 0.493 e. The molecule has 30 heavy (non-hydrogen) atoms. The Morgan fingerprint density at radius 2 is 1.60 bits per heavy atom. The van der Waals surface area contributed by atoms with E-state index in [9.17, 15) is 9.59 Å². The first-order valence-electron chi connectivity index (χ1n) is 9.20. The molecule has 0 atom stereocenters. The van der Waals surface area contributed by atoms with E-state index in [4.69, 9.17) is 9.47 Å². The predicted molar refractivity (Wildman–Crippen MR) is 115 cm³/mol. The summed E-state index contributed by atoms with van der Waals surface area (Å²) in [5, 5.41) is 6.30. The first-order valence-corrected chi connectivity index (χ1v) is 9.20. The van der Waals surface area contributed by atoms with E-state index in [0.29, 0.717) is 29.4 Å². The molecule has 7 nitrogen and oxygen atoms in total. The lowest BCUT2D eigenvalue weighted by Gasteiger charge is -2.11. The SMILES string of the molecule is COc1cc(/C=N\NC(=O)C(=O)Nc2ccccc2)ccc1OCc1ccccc1. The van der Waals surface area contributed by atoms with Crippen LogP contribution in [-0.2, 0) is 16.2 Å². The number of hydrogen-bond donors (Lipinski definition) is 2. The molecule has 0 aliphatic rings. The molecule has 0 unspecified atom stereocenters. The molecular weight excluding hydrogens is 382 g/mol. The van der Waals surface area contributed by atoms with Gasteiger partial charge in [-0.1, -0.05) is 48.5 Å². The van der Waals surface area contributed by atoms with Gasteiger partial charge in [-0.15, -0.1) is 0 Å². The topological polar surface area (TPSA) is 89.0 Å². The third-order valence-corrected chi connectivity index (χ3v) is 4.04. The second-order valence-corrected chi connectivity index (χ2v) is 6.20. The zero-order valence-corrected chi connectivity index (χ0v) is 16.4. The summed E-state index contributed by atoms with van der Waals surface area (Å²) in [7, 11) is 1.54. The number of carbonyl (C=O) groups is 2. The number of hydrogen-bond acceptors (Lipinski definition) is 5. The molecule has 0 fully saturated rings. The third-order valence-electron chi connectivity index (χ3n) is 4.04. The van der Waals surface area contributed by atoms with Gasteiger partial charge in [0.15, 0.2) is 11.5 Å². The van der Waals surface area contributed by atoms with E-state index >= 15 is 0 Å². The summed E-state index contributed by atoms with van der Waals surface area (Å²) in [4.78, 5) is 23.7. The normalized spacial score (nSPS) is 10.4. The summed E-state index contributed by atoms with van der Waals surface area (Å²) in [6, 6.07) is 23.7. The van der Waals surface area contributed by atoms with Crippen molar-refractivity contribution in [2.24, 2.45) is 5.10 Å². The fourth-order valence-corrected chi connectivity index (χ4v) is 2.54. The Labute approximate surface area is 174 Å². The zero-order valence-electron chi connectivity index (χ0n) is 16.4. The van der Waals surface area contributed by atoms with E-state index in [1.54, 1.807) is 49.6 Å². The number of benzene rings is 3. The minimum Gasteiger partial charge on any atom is -0.493 e. The van der Waals surface area contributed by atoms with Gasteiger partial charge in [-0.2, -0.15) is 5.10 Å². The molecule has 0 aromatic heterocycles. The van der Waals surface area contributed by atoms with Crippen LogP contribution < -0.4 is 20.2 Å². The Bertz CT molecular complexity index is 1020. The van der Waals surface area contributed by atoms with Crippen LogP contribution in [0.4, 0.5) is 5.69 Å². The van der Waals surface area contributed by atoms with Crippen molar-refractivity contribution in [3.05, 3.63) is 90.0 Å². The number of ether oxygens (including phenoxy) is 2. The molecule has 0 aliphatic carbocycles. The van der Waals surface area contributed by atoms with Crippen LogP contribution in [0, 0.1) is 0 Å². The molecule has 7 heteroatoms.